The van der Waals surface area contributed by atoms with Gasteiger partial charge < -0.3 is 5.73 Å². The summed E-state index contributed by atoms with van der Waals surface area (Å²) in [7, 11) is 0. The lowest BCUT2D eigenvalue weighted by Crippen LogP contribution is -2.12. The van der Waals surface area contributed by atoms with Gasteiger partial charge in [0.05, 0.1) is 0 Å². The van der Waals surface area contributed by atoms with E-state index >= 15 is 0 Å². The molecule has 1 aliphatic rings. The number of aryl methyl sites for hydroxylation is 1. The van der Waals surface area contributed by atoms with Crippen molar-refractivity contribution in [3.05, 3.63) is 21.9 Å². The molecule has 2 rings (SSSR count). The zero-order valence-corrected chi connectivity index (χ0v) is 8.23. The number of nitrogens with two attached hydrogens (primary N) is 1. The molecular weight excluding hydrogens is 166 g/mol. The minimum atomic E-state index is 0.333. The average Bonchev–Trinajstić information content (AvgIpc) is 2.82. The highest BCUT2D eigenvalue weighted by Gasteiger charge is 2.31. The van der Waals surface area contributed by atoms with Crippen LogP contribution in [0.2, 0.25) is 0 Å². The maximum atomic E-state index is 6.13. The van der Waals surface area contributed by atoms with Crippen molar-refractivity contribution in [3.8, 4) is 0 Å². The molecule has 0 radical (unpaired) electrons. The first-order valence-electron chi connectivity index (χ1n) is 4.64. The Morgan fingerprint density at radius 1 is 1.67 bits per heavy atom. The second-order valence-electron chi connectivity index (χ2n) is 3.53. The number of hydrogen-bond donors (Lipinski definition) is 1. The minimum absolute atomic E-state index is 0.333. The molecule has 1 unspecified atom stereocenters. The van der Waals surface area contributed by atoms with Gasteiger partial charge in [-0.15, -0.1) is 11.3 Å². The van der Waals surface area contributed by atoms with Gasteiger partial charge in [-0.2, -0.15) is 0 Å². The van der Waals surface area contributed by atoms with Gasteiger partial charge in [0, 0.05) is 10.9 Å². The van der Waals surface area contributed by atoms with Crippen LogP contribution in [0.15, 0.2) is 11.4 Å². The quantitative estimate of drug-likeness (QED) is 0.762. The van der Waals surface area contributed by atoms with E-state index in [0.29, 0.717) is 6.04 Å². The van der Waals surface area contributed by atoms with E-state index in [2.05, 4.69) is 18.4 Å². The smallest absolute Gasteiger partial charge is 0.0421 e. The van der Waals surface area contributed by atoms with E-state index in [1.807, 2.05) is 11.3 Å². The van der Waals surface area contributed by atoms with Gasteiger partial charge in [-0.25, -0.2) is 0 Å². The molecule has 12 heavy (non-hydrogen) atoms. The molecule has 1 saturated carbocycles. The van der Waals surface area contributed by atoms with Crippen molar-refractivity contribution >= 4 is 11.3 Å². The summed E-state index contributed by atoms with van der Waals surface area (Å²) in [6.07, 6.45) is 3.80. The van der Waals surface area contributed by atoms with Gasteiger partial charge in [-0.3, -0.25) is 0 Å². The predicted octanol–water partition coefficient (Wildman–Crippen LogP) is 2.72. The SMILES string of the molecule is CCc1ccsc1C(N)C1CC1. The summed E-state index contributed by atoms with van der Waals surface area (Å²) in [6, 6.07) is 2.54. The summed E-state index contributed by atoms with van der Waals surface area (Å²) in [5, 5.41) is 2.16. The molecule has 0 spiro atoms. The van der Waals surface area contributed by atoms with Crippen molar-refractivity contribution in [2.75, 3.05) is 0 Å². The van der Waals surface area contributed by atoms with Gasteiger partial charge in [-0.05, 0) is 42.2 Å². The van der Waals surface area contributed by atoms with Crippen LogP contribution >= 0.6 is 11.3 Å². The van der Waals surface area contributed by atoms with Crippen LogP contribution in [0.1, 0.15) is 36.2 Å². The molecule has 66 valence electrons. The van der Waals surface area contributed by atoms with Gasteiger partial charge >= 0.3 is 0 Å². The fourth-order valence-corrected chi connectivity index (χ4v) is 2.69. The maximum absolute atomic E-state index is 6.13. The monoisotopic (exact) mass is 181 g/mol. The summed E-state index contributed by atoms with van der Waals surface area (Å²) in [5.74, 6) is 0.786. The Hall–Kier alpha value is -0.340. The van der Waals surface area contributed by atoms with Crippen LogP contribution in [0.4, 0.5) is 0 Å². The Balaban J connectivity index is 2.19. The summed E-state index contributed by atoms with van der Waals surface area (Å²) < 4.78 is 0. The van der Waals surface area contributed by atoms with Gasteiger partial charge in [0.25, 0.3) is 0 Å². The minimum Gasteiger partial charge on any atom is -0.323 e. The topological polar surface area (TPSA) is 26.0 Å². The van der Waals surface area contributed by atoms with Crippen molar-refractivity contribution in [3.63, 3.8) is 0 Å². The molecule has 1 fully saturated rings. The molecule has 1 atom stereocenters. The third kappa shape index (κ3) is 1.41. The second-order valence-corrected chi connectivity index (χ2v) is 4.47. The molecule has 2 heteroatoms. The normalized spacial score (nSPS) is 19.5. The first-order valence-corrected chi connectivity index (χ1v) is 5.52. The van der Waals surface area contributed by atoms with Crippen molar-refractivity contribution in [2.45, 2.75) is 32.2 Å². The molecule has 0 saturated heterocycles. The van der Waals surface area contributed by atoms with E-state index in [-0.39, 0.29) is 0 Å². The fourth-order valence-electron chi connectivity index (χ4n) is 1.60. The van der Waals surface area contributed by atoms with Crippen LogP contribution in [0.3, 0.4) is 0 Å². The third-order valence-corrected chi connectivity index (χ3v) is 3.65. The van der Waals surface area contributed by atoms with Gasteiger partial charge in [0.2, 0.25) is 0 Å². The second kappa shape index (κ2) is 3.19. The van der Waals surface area contributed by atoms with Crippen molar-refractivity contribution < 1.29 is 0 Å². The van der Waals surface area contributed by atoms with E-state index in [4.69, 9.17) is 5.73 Å². The lowest BCUT2D eigenvalue weighted by Gasteiger charge is -2.09. The van der Waals surface area contributed by atoms with Crippen LogP contribution in [0, 0.1) is 5.92 Å². The third-order valence-electron chi connectivity index (χ3n) is 2.59. The Kier molecular flexibility index (Phi) is 2.20. The Morgan fingerprint density at radius 2 is 2.42 bits per heavy atom. The Morgan fingerprint density at radius 3 is 3.00 bits per heavy atom. The largest absolute Gasteiger partial charge is 0.323 e. The maximum Gasteiger partial charge on any atom is 0.0421 e. The van der Waals surface area contributed by atoms with Crippen LogP contribution in [-0.4, -0.2) is 0 Å². The van der Waals surface area contributed by atoms with Crippen molar-refractivity contribution in [1.82, 2.24) is 0 Å². The number of rotatable bonds is 3. The van der Waals surface area contributed by atoms with Crippen LogP contribution in [-0.2, 0) is 6.42 Å². The van der Waals surface area contributed by atoms with Gasteiger partial charge in [0.1, 0.15) is 0 Å². The highest BCUT2D eigenvalue weighted by molar-refractivity contribution is 7.10. The highest BCUT2D eigenvalue weighted by Crippen LogP contribution is 2.42. The molecule has 1 aliphatic carbocycles. The molecule has 0 bridgehead atoms. The molecule has 1 nitrogen and oxygen atoms in total. The summed E-state index contributed by atoms with van der Waals surface area (Å²) >= 11 is 1.83. The molecular formula is C10H15NS. The van der Waals surface area contributed by atoms with E-state index in [0.717, 1.165) is 12.3 Å². The molecule has 0 aromatic carbocycles. The van der Waals surface area contributed by atoms with E-state index in [9.17, 15) is 0 Å². The molecule has 1 aromatic heterocycles. The zero-order valence-electron chi connectivity index (χ0n) is 7.42. The standard InChI is InChI=1S/C10H15NS/c1-2-7-5-6-12-10(7)9(11)8-3-4-8/h5-6,8-9H,2-4,11H2,1H3. The van der Waals surface area contributed by atoms with E-state index in [1.165, 1.54) is 23.3 Å². The summed E-state index contributed by atoms with van der Waals surface area (Å²) in [4.78, 5) is 1.43. The average molecular weight is 181 g/mol. The number of hydrogen-bond acceptors (Lipinski definition) is 2. The van der Waals surface area contributed by atoms with Gasteiger partial charge in [0.15, 0.2) is 0 Å². The summed E-state index contributed by atoms with van der Waals surface area (Å²) in [6.45, 7) is 2.20. The van der Waals surface area contributed by atoms with Crippen molar-refractivity contribution in [1.29, 1.82) is 0 Å². The molecule has 1 heterocycles. The molecule has 0 aliphatic heterocycles. The van der Waals surface area contributed by atoms with Crippen LogP contribution in [0.25, 0.3) is 0 Å². The fraction of sp³-hybridized carbons (Fsp3) is 0.600. The molecule has 0 amide bonds. The van der Waals surface area contributed by atoms with E-state index < -0.39 is 0 Å². The highest BCUT2D eigenvalue weighted by atomic mass is 32.1. The predicted molar refractivity (Wildman–Crippen MR) is 53.3 cm³/mol. The van der Waals surface area contributed by atoms with E-state index in [1.54, 1.807) is 0 Å². The van der Waals surface area contributed by atoms with Crippen LogP contribution < -0.4 is 5.73 Å². The first kappa shape index (κ1) is 8.27. The van der Waals surface area contributed by atoms with Crippen molar-refractivity contribution in [2.24, 2.45) is 11.7 Å². The lowest BCUT2D eigenvalue weighted by atomic mass is 10.1. The lowest BCUT2D eigenvalue weighted by molar-refractivity contribution is 0.639. The van der Waals surface area contributed by atoms with Crippen LogP contribution in [0.5, 0.6) is 0 Å². The Labute approximate surface area is 77.6 Å². The zero-order chi connectivity index (χ0) is 8.55. The number of thiophene rings is 1. The molecule has 2 N–H and O–H groups in total. The van der Waals surface area contributed by atoms with Gasteiger partial charge in [-0.1, -0.05) is 6.92 Å². The Bertz CT molecular complexity index is 263. The first-order chi connectivity index (χ1) is 5.83. The molecule has 1 aromatic rings. The summed E-state index contributed by atoms with van der Waals surface area (Å²) in [5.41, 5.74) is 7.59.